The molecule has 0 aliphatic rings. The van der Waals surface area contributed by atoms with Crippen LogP contribution >= 0.6 is 0 Å². The Morgan fingerprint density at radius 1 is 1.33 bits per heavy atom. The van der Waals surface area contributed by atoms with Crippen molar-refractivity contribution in [2.45, 2.75) is 51.8 Å². The van der Waals surface area contributed by atoms with Gasteiger partial charge < -0.3 is 14.7 Å². The van der Waals surface area contributed by atoms with Gasteiger partial charge in [0.15, 0.2) is 0 Å². The van der Waals surface area contributed by atoms with Gasteiger partial charge in [0.1, 0.15) is 5.60 Å². The van der Waals surface area contributed by atoms with Gasteiger partial charge in [0.25, 0.3) is 0 Å². The minimum atomic E-state index is -2.30. The van der Waals surface area contributed by atoms with Crippen LogP contribution in [0.4, 0.5) is 9.18 Å². The van der Waals surface area contributed by atoms with Gasteiger partial charge in [-0.1, -0.05) is 6.92 Å². The number of carbonyl (C=O) groups is 2. The van der Waals surface area contributed by atoms with Crippen LogP contribution in [0.2, 0.25) is 0 Å². The van der Waals surface area contributed by atoms with E-state index in [0.29, 0.717) is 0 Å². The van der Waals surface area contributed by atoms with Crippen LogP contribution in [0.5, 0.6) is 0 Å². The van der Waals surface area contributed by atoms with Crippen LogP contribution in [0.15, 0.2) is 0 Å². The Balaban J connectivity index is 4.38. The highest BCUT2D eigenvalue weighted by atomic mass is 19.1. The summed E-state index contributed by atoms with van der Waals surface area (Å²) >= 11 is 0. The zero-order valence-corrected chi connectivity index (χ0v) is 11.6. The van der Waals surface area contributed by atoms with Crippen LogP contribution in [0, 0.1) is 0 Å². The third-order valence-corrected chi connectivity index (χ3v) is 2.49. The zero-order valence-electron chi connectivity index (χ0n) is 11.6. The summed E-state index contributed by atoms with van der Waals surface area (Å²) < 4.78 is 18.9. The van der Waals surface area contributed by atoms with Crippen molar-refractivity contribution < 1.29 is 23.8 Å². The van der Waals surface area contributed by atoms with E-state index in [-0.39, 0.29) is 19.4 Å². The predicted octanol–water partition coefficient (Wildman–Crippen LogP) is 2.45. The van der Waals surface area contributed by atoms with Gasteiger partial charge in [-0.15, -0.1) is 0 Å². The van der Waals surface area contributed by atoms with E-state index in [1.165, 1.54) is 18.9 Å². The van der Waals surface area contributed by atoms with Crippen LogP contribution < -0.4 is 0 Å². The number of rotatable bonds is 5. The monoisotopic (exact) mass is 263 g/mol. The number of carboxylic acid groups (broad SMARTS) is 1. The Kier molecular flexibility index (Phi) is 5.57. The molecule has 1 unspecified atom stereocenters. The molecule has 1 N–H and O–H groups in total. The lowest BCUT2D eigenvalue weighted by Gasteiger charge is -2.26. The van der Waals surface area contributed by atoms with Gasteiger partial charge in [0.05, 0.1) is 0 Å². The van der Waals surface area contributed by atoms with Crippen molar-refractivity contribution in [3.05, 3.63) is 0 Å². The second-order valence-electron chi connectivity index (χ2n) is 5.28. The molecule has 0 saturated carbocycles. The molecule has 0 aromatic carbocycles. The minimum Gasteiger partial charge on any atom is -0.479 e. The molecule has 0 radical (unpaired) electrons. The predicted molar refractivity (Wildman–Crippen MR) is 65.2 cm³/mol. The van der Waals surface area contributed by atoms with Gasteiger partial charge in [-0.3, -0.25) is 0 Å². The molecule has 18 heavy (non-hydrogen) atoms. The van der Waals surface area contributed by atoms with Gasteiger partial charge >= 0.3 is 12.1 Å². The topological polar surface area (TPSA) is 66.8 Å². The molecule has 0 saturated heterocycles. The molecule has 6 heteroatoms. The van der Waals surface area contributed by atoms with Gasteiger partial charge in [0.2, 0.25) is 5.67 Å². The maximum absolute atomic E-state index is 13.8. The lowest BCUT2D eigenvalue weighted by atomic mass is 9.99. The summed E-state index contributed by atoms with van der Waals surface area (Å²) in [6.45, 7) is 6.62. The standard InChI is InChI=1S/C12H22FNO4/c1-6-12(13,9(15)16)7-8-14(5)10(17)18-11(2,3)4/h6-8H2,1-5H3,(H,15,16). The number of aliphatic carboxylic acids is 1. The molecule has 0 aromatic heterocycles. The van der Waals surface area contributed by atoms with Crippen molar-refractivity contribution in [3.8, 4) is 0 Å². The number of hydrogen-bond donors (Lipinski definition) is 1. The second-order valence-corrected chi connectivity index (χ2v) is 5.28. The van der Waals surface area contributed by atoms with Gasteiger partial charge in [-0.05, 0) is 27.2 Å². The molecular formula is C12H22FNO4. The number of nitrogens with zero attached hydrogens (tertiary/aromatic N) is 1. The third-order valence-electron chi connectivity index (χ3n) is 2.49. The number of carbonyl (C=O) groups excluding carboxylic acids is 1. The number of amides is 1. The second kappa shape index (κ2) is 6.02. The largest absolute Gasteiger partial charge is 0.479 e. The fraction of sp³-hybridized carbons (Fsp3) is 0.833. The molecule has 1 atom stereocenters. The molecule has 106 valence electrons. The van der Waals surface area contributed by atoms with E-state index in [0.717, 1.165) is 0 Å². The molecule has 5 nitrogen and oxygen atoms in total. The fourth-order valence-corrected chi connectivity index (χ4v) is 1.21. The van der Waals surface area contributed by atoms with Crippen molar-refractivity contribution in [1.82, 2.24) is 4.90 Å². The molecule has 0 aliphatic carbocycles. The maximum atomic E-state index is 13.8. The summed E-state index contributed by atoms with van der Waals surface area (Å²) in [5, 5.41) is 8.76. The number of ether oxygens (including phenoxy) is 1. The van der Waals surface area contributed by atoms with Crippen molar-refractivity contribution in [3.63, 3.8) is 0 Å². The molecule has 0 aliphatic heterocycles. The summed E-state index contributed by atoms with van der Waals surface area (Å²) in [4.78, 5) is 23.5. The highest BCUT2D eigenvalue weighted by Crippen LogP contribution is 2.21. The molecular weight excluding hydrogens is 241 g/mol. The molecule has 0 spiro atoms. The van der Waals surface area contributed by atoms with E-state index >= 15 is 0 Å². The van der Waals surface area contributed by atoms with E-state index in [4.69, 9.17) is 9.84 Å². The third kappa shape index (κ3) is 5.33. The van der Waals surface area contributed by atoms with Crippen LogP contribution in [0.3, 0.4) is 0 Å². The quantitative estimate of drug-likeness (QED) is 0.827. The number of halogens is 1. The molecule has 0 aromatic rings. The van der Waals surface area contributed by atoms with Crippen LogP contribution in [-0.2, 0) is 9.53 Å². The van der Waals surface area contributed by atoms with E-state index in [2.05, 4.69) is 0 Å². The molecule has 0 rings (SSSR count). The Hall–Kier alpha value is -1.33. The summed E-state index contributed by atoms with van der Waals surface area (Å²) in [6.07, 6.45) is -0.981. The maximum Gasteiger partial charge on any atom is 0.410 e. The lowest BCUT2D eigenvalue weighted by molar-refractivity contribution is -0.151. The Labute approximate surface area is 107 Å². The van der Waals surface area contributed by atoms with Gasteiger partial charge in [-0.25, -0.2) is 14.0 Å². The smallest absolute Gasteiger partial charge is 0.410 e. The Morgan fingerprint density at radius 3 is 2.17 bits per heavy atom. The summed E-state index contributed by atoms with van der Waals surface area (Å²) in [5.41, 5.74) is -2.92. The lowest BCUT2D eigenvalue weighted by Crippen LogP contribution is -2.40. The van der Waals surface area contributed by atoms with E-state index in [1.54, 1.807) is 20.8 Å². The zero-order chi connectivity index (χ0) is 14.6. The van der Waals surface area contributed by atoms with Crippen molar-refractivity contribution in [1.29, 1.82) is 0 Å². The average Bonchev–Trinajstić information content (AvgIpc) is 2.22. The van der Waals surface area contributed by atoms with Gasteiger partial charge in [0, 0.05) is 20.0 Å². The summed E-state index contributed by atoms with van der Waals surface area (Å²) in [6, 6.07) is 0. The van der Waals surface area contributed by atoms with Crippen LogP contribution in [0.25, 0.3) is 0 Å². The molecule has 1 amide bonds. The van der Waals surface area contributed by atoms with Crippen LogP contribution in [0.1, 0.15) is 40.5 Å². The van der Waals surface area contributed by atoms with E-state index in [1.807, 2.05) is 0 Å². The first-order chi connectivity index (χ1) is 8.02. The first-order valence-corrected chi connectivity index (χ1v) is 5.88. The van der Waals surface area contributed by atoms with Crippen LogP contribution in [-0.4, -0.2) is 46.9 Å². The van der Waals surface area contributed by atoms with Crippen molar-refractivity contribution in [2.75, 3.05) is 13.6 Å². The molecule has 0 fully saturated rings. The first-order valence-electron chi connectivity index (χ1n) is 5.88. The minimum absolute atomic E-state index is 0.00838. The highest BCUT2D eigenvalue weighted by Gasteiger charge is 2.37. The SMILES string of the molecule is CCC(F)(CCN(C)C(=O)OC(C)(C)C)C(=O)O. The number of carboxylic acids is 1. The number of hydrogen-bond acceptors (Lipinski definition) is 3. The highest BCUT2D eigenvalue weighted by molar-refractivity contribution is 5.77. The first kappa shape index (κ1) is 16.7. The Morgan fingerprint density at radius 2 is 1.83 bits per heavy atom. The molecule has 0 heterocycles. The fourth-order valence-electron chi connectivity index (χ4n) is 1.21. The molecule has 0 bridgehead atoms. The normalized spacial score (nSPS) is 14.8. The number of alkyl halides is 1. The Bertz CT molecular complexity index is 314. The summed E-state index contributed by atoms with van der Waals surface area (Å²) in [7, 11) is 1.45. The van der Waals surface area contributed by atoms with Crippen molar-refractivity contribution in [2.24, 2.45) is 0 Å². The van der Waals surface area contributed by atoms with E-state index in [9.17, 15) is 14.0 Å². The van der Waals surface area contributed by atoms with E-state index < -0.39 is 23.3 Å². The van der Waals surface area contributed by atoms with Gasteiger partial charge in [-0.2, -0.15) is 0 Å². The average molecular weight is 263 g/mol. The van der Waals surface area contributed by atoms with Crippen molar-refractivity contribution >= 4 is 12.1 Å². The summed E-state index contributed by atoms with van der Waals surface area (Å²) in [5.74, 6) is -1.50.